The zero-order chi connectivity index (χ0) is 13.1. The van der Waals surface area contributed by atoms with E-state index in [0.717, 1.165) is 23.6 Å². The molecule has 0 fully saturated rings. The van der Waals surface area contributed by atoms with Gasteiger partial charge in [-0.25, -0.2) is 0 Å². The third-order valence-corrected chi connectivity index (χ3v) is 3.75. The van der Waals surface area contributed by atoms with Crippen LogP contribution in [0.4, 0.5) is 0 Å². The highest BCUT2D eigenvalue weighted by Crippen LogP contribution is 2.28. The normalized spacial score (nSPS) is 13.9. The highest BCUT2D eigenvalue weighted by Gasteiger charge is 2.10. The van der Waals surface area contributed by atoms with Crippen LogP contribution in [0.5, 0.6) is 11.5 Å². The molecule has 19 heavy (non-hydrogen) atoms. The average Bonchev–Trinajstić information content (AvgIpc) is 2.47. The molecule has 1 aliphatic rings. The monoisotopic (exact) mass is 273 g/mol. The molecule has 0 radical (unpaired) electrons. The SMILES string of the molecule is ClCc1cc(Oc2ccc3c(c2)CCCC3)ccn1. The Morgan fingerprint density at radius 2 is 1.79 bits per heavy atom. The van der Waals surface area contributed by atoms with Crippen LogP contribution in [0.2, 0.25) is 0 Å². The maximum absolute atomic E-state index is 5.89. The van der Waals surface area contributed by atoms with Crippen molar-refractivity contribution >= 4 is 11.6 Å². The van der Waals surface area contributed by atoms with E-state index < -0.39 is 0 Å². The fraction of sp³-hybridized carbons (Fsp3) is 0.312. The van der Waals surface area contributed by atoms with Crippen LogP contribution in [0.1, 0.15) is 29.7 Å². The number of halogens is 1. The van der Waals surface area contributed by atoms with Gasteiger partial charge < -0.3 is 4.74 Å². The van der Waals surface area contributed by atoms with Crippen LogP contribution >= 0.6 is 11.6 Å². The first-order chi connectivity index (χ1) is 9.35. The molecule has 1 heterocycles. The predicted molar refractivity (Wildman–Crippen MR) is 77.0 cm³/mol. The molecule has 1 aliphatic carbocycles. The fourth-order valence-electron chi connectivity index (χ4n) is 2.50. The summed E-state index contributed by atoms with van der Waals surface area (Å²) in [6.07, 6.45) is 6.67. The Hall–Kier alpha value is -1.54. The molecular formula is C16H16ClNO. The number of hydrogen-bond donors (Lipinski definition) is 0. The summed E-state index contributed by atoms with van der Waals surface area (Å²) in [5, 5.41) is 0. The number of pyridine rings is 1. The molecule has 0 saturated heterocycles. The maximum Gasteiger partial charge on any atom is 0.130 e. The number of alkyl halides is 1. The summed E-state index contributed by atoms with van der Waals surface area (Å²) in [5.74, 6) is 2.09. The molecule has 2 nitrogen and oxygen atoms in total. The number of benzene rings is 1. The van der Waals surface area contributed by atoms with Crippen molar-refractivity contribution in [2.45, 2.75) is 31.6 Å². The van der Waals surface area contributed by atoms with Crippen LogP contribution in [-0.2, 0) is 18.7 Å². The number of ether oxygens (including phenoxy) is 1. The van der Waals surface area contributed by atoms with Gasteiger partial charge in [-0.2, -0.15) is 0 Å². The van der Waals surface area contributed by atoms with Crippen LogP contribution in [0.25, 0.3) is 0 Å². The van der Waals surface area contributed by atoms with E-state index in [1.807, 2.05) is 18.2 Å². The Morgan fingerprint density at radius 3 is 2.63 bits per heavy atom. The second-order valence-corrected chi connectivity index (χ2v) is 5.12. The van der Waals surface area contributed by atoms with E-state index in [2.05, 4.69) is 17.1 Å². The molecule has 3 heteroatoms. The van der Waals surface area contributed by atoms with Crippen LogP contribution in [0, 0.1) is 0 Å². The lowest BCUT2D eigenvalue weighted by Crippen LogP contribution is -2.02. The minimum atomic E-state index is 0.404. The molecule has 0 unspecified atom stereocenters. The van der Waals surface area contributed by atoms with E-state index in [-0.39, 0.29) is 0 Å². The van der Waals surface area contributed by atoms with E-state index in [1.165, 1.54) is 30.4 Å². The molecule has 0 amide bonds. The predicted octanol–water partition coefficient (Wildman–Crippen LogP) is 4.49. The lowest BCUT2D eigenvalue weighted by atomic mass is 9.92. The Balaban J connectivity index is 1.82. The van der Waals surface area contributed by atoms with Crippen LogP contribution in [-0.4, -0.2) is 4.98 Å². The molecule has 0 atom stereocenters. The van der Waals surface area contributed by atoms with Gasteiger partial charge in [0.2, 0.25) is 0 Å². The fourth-order valence-corrected chi connectivity index (χ4v) is 2.65. The van der Waals surface area contributed by atoms with Crippen molar-refractivity contribution in [3.63, 3.8) is 0 Å². The number of rotatable bonds is 3. The van der Waals surface area contributed by atoms with E-state index in [4.69, 9.17) is 16.3 Å². The van der Waals surface area contributed by atoms with Gasteiger partial charge in [-0.1, -0.05) is 6.07 Å². The van der Waals surface area contributed by atoms with Crippen molar-refractivity contribution in [2.24, 2.45) is 0 Å². The number of nitrogens with zero attached hydrogens (tertiary/aromatic N) is 1. The Morgan fingerprint density at radius 1 is 1.00 bits per heavy atom. The summed E-state index contributed by atoms with van der Waals surface area (Å²) in [6.45, 7) is 0. The van der Waals surface area contributed by atoms with Crippen molar-refractivity contribution in [1.29, 1.82) is 0 Å². The highest BCUT2D eigenvalue weighted by atomic mass is 35.5. The average molecular weight is 274 g/mol. The topological polar surface area (TPSA) is 22.1 Å². The van der Waals surface area contributed by atoms with Gasteiger partial charge in [-0.3, -0.25) is 4.98 Å². The third kappa shape index (κ3) is 2.90. The summed E-state index contributed by atoms with van der Waals surface area (Å²) in [5.41, 5.74) is 3.72. The van der Waals surface area contributed by atoms with Crippen LogP contribution < -0.4 is 4.74 Å². The second kappa shape index (κ2) is 5.62. The van der Waals surface area contributed by atoms with Gasteiger partial charge in [0.15, 0.2) is 0 Å². The Kier molecular flexibility index (Phi) is 3.69. The van der Waals surface area contributed by atoms with E-state index in [0.29, 0.717) is 5.88 Å². The van der Waals surface area contributed by atoms with Gasteiger partial charge >= 0.3 is 0 Å². The molecule has 1 aromatic carbocycles. The molecular weight excluding hydrogens is 258 g/mol. The van der Waals surface area contributed by atoms with Gasteiger partial charge in [0.05, 0.1) is 11.6 Å². The van der Waals surface area contributed by atoms with E-state index in [9.17, 15) is 0 Å². The summed E-state index contributed by atoms with van der Waals surface area (Å²) in [7, 11) is 0. The lowest BCUT2D eigenvalue weighted by molar-refractivity contribution is 0.479. The van der Waals surface area contributed by atoms with Gasteiger partial charge in [0.1, 0.15) is 11.5 Å². The zero-order valence-corrected chi connectivity index (χ0v) is 11.5. The zero-order valence-electron chi connectivity index (χ0n) is 10.7. The number of fused-ring (bicyclic) bond motifs is 1. The van der Waals surface area contributed by atoms with Gasteiger partial charge in [-0.15, -0.1) is 11.6 Å². The quantitative estimate of drug-likeness (QED) is 0.769. The van der Waals surface area contributed by atoms with E-state index in [1.54, 1.807) is 6.20 Å². The molecule has 0 bridgehead atoms. The van der Waals surface area contributed by atoms with Crippen LogP contribution in [0.15, 0.2) is 36.5 Å². The minimum absolute atomic E-state index is 0.404. The van der Waals surface area contributed by atoms with Crippen molar-refractivity contribution in [3.8, 4) is 11.5 Å². The standard InChI is InChI=1S/C16H16ClNO/c17-11-14-10-16(7-8-18-14)19-15-6-5-12-3-1-2-4-13(12)9-15/h5-10H,1-4,11H2. The summed E-state index contributed by atoms with van der Waals surface area (Å²) in [6, 6.07) is 10.1. The van der Waals surface area contributed by atoms with Gasteiger partial charge in [0.25, 0.3) is 0 Å². The number of aromatic nitrogens is 1. The van der Waals surface area contributed by atoms with Gasteiger partial charge in [-0.05, 0) is 55.0 Å². The third-order valence-electron chi connectivity index (χ3n) is 3.48. The number of hydrogen-bond acceptors (Lipinski definition) is 2. The summed E-state index contributed by atoms with van der Waals surface area (Å²) in [4.78, 5) is 4.16. The molecule has 1 aromatic heterocycles. The van der Waals surface area contributed by atoms with Crippen molar-refractivity contribution in [3.05, 3.63) is 53.3 Å². The Labute approximate surface area is 118 Å². The first kappa shape index (κ1) is 12.5. The lowest BCUT2D eigenvalue weighted by Gasteiger charge is -2.16. The number of aryl methyl sites for hydroxylation is 2. The second-order valence-electron chi connectivity index (χ2n) is 4.86. The molecule has 98 valence electrons. The van der Waals surface area contributed by atoms with E-state index >= 15 is 0 Å². The molecule has 0 N–H and O–H groups in total. The Bertz CT molecular complexity index is 583. The minimum Gasteiger partial charge on any atom is -0.457 e. The molecule has 2 aromatic rings. The molecule has 3 rings (SSSR count). The smallest absolute Gasteiger partial charge is 0.130 e. The molecule has 0 spiro atoms. The largest absolute Gasteiger partial charge is 0.457 e. The highest BCUT2D eigenvalue weighted by molar-refractivity contribution is 6.16. The van der Waals surface area contributed by atoms with Crippen LogP contribution in [0.3, 0.4) is 0 Å². The summed E-state index contributed by atoms with van der Waals surface area (Å²) >= 11 is 5.78. The van der Waals surface area contributed by atoms with Gasteiger partial charge in [0, 0.05) is 12.3 Å². The first-order valence-corrected chi connectivity index (χ1v) is 7.19. The summed E-state index contributed by atoms with van der Waals surface area (Å²) < 4.78 is 5.89. The maximum atomic E-state index is 5.89. The van der Waals surface area contributed by atoms with Crippen molar-refractivity contribution in [1.82, 2.24) is 4.98 Å². The first-order valence-electron chi connectivity index (χ1n) is 6.66. The molecule has 0 saturated carbocycles. The molecule has 0 aliphatic heterocycles. The van der Waals surface area contributed by atoms with Crippen molar-refractivity contribution in [2.75, 3.05) is 0 Å². The van der Waals surface area contributed by atoms with Crippen molar-refractivity contribution < 1.29 is 4.74 Å².